The normalized spacial score (nSPS) is 14.3. The number of amides is 3. The quantitative estimate of drug-likeness (QED) is 0.0266. The summed E-state index contributed by atoms with van der Waals surface area (Å²) >= 11 is 0. The first kappa shape index (κ1) is 67.7. The second kappa shape index (κ2) is 37.2. The molecule has 12 rings (SSSR count). The Bertz CT molecular complexity index is 4000. The zero-order valence-electron chi connectivity index (χ0n) is 59.0. The van der Waals surface area contributed by atoms with E-state index in [9.17, 15) is 28.8 Å². The van der Waals surface area contributed by atoms with Crippen LogP contribution in [0.1, 0.15) is 167 Å². The predicted molar refractivity (Wildman–Crippen MR) is 381 cm³/mol. The Morgan fingerprint density at radius 1 is 0.420 bits per heavy atom. The first-order valence-corrected chi connectivity index (χ1v) is 34.4. The number of ether oxygens (including phenoxy) is 3. The highest BCUT2D eigenvalue weighted by Crippen LogP contribution is 2.36. The van der Waals surface area contributed by atoms with Gasteiger partial charge in [0.25, 0.3) is 17.7 Å². The number of carboxylic acid groups (broad SMARTS) is 3. The molecule has 3 unspecified atom stereocenters. The second-order valence-corrected chi connectivity index (χ2v) is 24.9. The van der Waals surface area contributed by atoms with Crippen LogP contribution in [0.25, 0.3) is 33.6 Å². The topological polar surface area (TPSA) is 255 Å². The highest BCUT2D eigenvalue weighted by molar-refractivity contribution is 5.96. The number of benzene rings is 6. The minimum absolute atomic E-state index is 0.0452. The third kappa shape index (κ3) is 22.4. The molecule has 6 aromatic carbocycles. The average Bonchev–Trinajstić information content (AvgIpc) is 1.37. The van der Waals surface area contributed by atoms with Gasteiger partial charge in [-0.15, -0.1) is 0 Å². The number of nitrogens with zero attached hydrogens (tertiary/aromatic N) is 5. The Morgan fingerprint density at radius 2 is 0.770 bits per heavy atom. The van der Waals surface area contributed by atoms with E-state index < -0.39 is 37.5 Å². The number of rotatable bonds is 36. The molecule has 0 bridgehead atoms. The van der Waals surface area contributed by atoms with Crippen LogP contribution in [0.5, 0.6) is 17.2 Å². The number of carboxylic acids is 3. The predicted octanol–water partition coefficient (Wildman–Crippen LogP) is 16.3. The summed E-state index contributed by atoms with van der Waals surface area (Å²) in [6, 6.07) is 51.9. The van der Waals surface area contributed by atoms with Crippen LogP contribution in [0.3, 0.4) is 0 Å². The SMILES string of the molecule is [2H]C(c1ccccc1OCCCCCC(=O)O)N(C(=O)c1ccc(-c2ccco2)cc1)C1CC1.[2H]C(c1ccccc1OCCCCCC(=O)O)N(C(=O)c1ccc(-c2ccncc2)cc1)C1CC1.[2H]C(c1ccccc1OCCCCCC(=O)O)N(C(=O)c1ccc(-c2cn[nH]c2)cc1)C1CC1. The van der Waals surface area contributed by atoms with Crippen LogP contribution in [-0.4, -0.2) is 119 Å². The molecule has 0 aliphatic heterocycles. The molecule has 520 valence electrons. The Morgan fingerprint density at radius 3 is 1.10 bits per heavy atom. The highest BCUT2D eigenvalue weighted by atomic mass is 16.5. The van der Waals surface area contributed by atoms with E-state index in [1.165, 1.54) is 0 Å². The van der Waals surface area contributed by atoms with Crippen LogP contribution in [0.4, 0.5) is 0 Å². The van der Waals surface area contributed by atoms with E-state index in [2.05, 4.69) is 15.2 Å². The van der Waals surface area contributed by atoms with Gasteiger partial charge in [0.1, 0.15) is 23.0 Å². The fourth-order valence-electron chi connectivity index (χ4n) is 11.1. The summed E-state index contributed by atoms with van der Waals surface area (Å²) in [6.07, 6.45) is 20.8. The Balaban J connectivity index is 0.000000166. The number of hydrogen-bond acceptors (Lipinski definition) is 12. The fraction of sp³-hybridized carbons (Fsp3) is 0.333. The summed E-state index contributed by atoms with van der Waals surface area (Å²) in [5.41, 5.74) is 8.46. The highest BCUT2D eigenvalue weighted by Gasteiger charge is 2.36. The van der Waals surface area contributed by atoms with Crippen molar-refractivity contribution in [3.63, 3.8) is 0 Å². The second-order valence-electron chi connectivity index (χ2n) is 24.9. The van der Waals surface area contributed by atoms with E-state index in [1.807, 2.05) is 146 Å². The largest absolute Gasteiger partial charge is 0.493 e. The number of para-hydroxylation sites is 3. The number of carbonyl (C=O) groups is 6. The Hall–Kier alpha value is -10.8. The first-order valence-electron chi connectivity index (χ1n) is 36.2. The van der Waals surface area contributed by atoms with E-state index in [0.717, 1.165) is 111 Å². The summed E-state index contributed by atoms with van der Waals surface area (Å²) in [6.45, 7) is -1.31. The third-order valence-electron chi connectivity index (χ3n) is 17.0. The van der Waals surface area contributed by atoms with Gasteiger partial charge in [-0.1, -0.05) is 91.0 Å². The van der Waals surface area contributed by atoms with Crippen LogP contribution in [0, 0.1) is 0 Å². The zero-order valence-corrected chi connectivity index (χ0v) is 56.0. The molecule has 4 N–H and O–H groups in total. The monoisotopic (exact) mass is 1360 g/mol. The van der Waals surface area contributed by atoms with E-state index >= 15 is 0 Å². The maximum Gasteiger partial charge on any atom is 0.303 e. The van der Waals surface area contributed by atoms with Crippen molar-refractivity contribution in [2.45, 2.75) is 153 Å². The Kier molecular flexibility index (Phi) is 25.2. The molecule has 0 radical (unpaired) electrons. The number of aromatic amines is 1. The number of carbonyl (C=O) groups excluding carboxylic acids is 3. The molecule has 3 fully saturated rings. The molecule has 3 heterocycles. The van der Waals surface area contributed by atoms with Gasteiger partial charge >= 0.3 is 17.9 Å². The molecule has 3 saturated carbocycles. The van der Waals surface area contributed by atoms with Crippen molar-refractivity contribution >= 4 is 35.6 Å². The van der Waals surface area contributed by atoms with Crippen molar-refractivity contribution in [2.24, 2.45) is 0 Å². The summed E-state index contributed by atoms with van der Waals surface area (Å²) in [7, 11) is 0. The first-order chi connectivity index (χ1) is 50.1. The van der Waals surface area contributed by atoms with E-state index in [-0.39, 0.29) is 55.1 Å². The van der Waals surface area contributed by atoms with Gasteiger partial charge in [0.05, 0.1) is 36.4 Å². The van der Waals surface area contributed by atoms with Crippen LogP contribution in [-0.2, 0) is 33.9 Å². The smallest absolute Gasteiger partial charge is 0.303 e. The summed E-state index contributed by atoms with van der Waals surface area (Å²) in [5.74, 6) is -0.332. The van der Waals surface area contributed by atoms with Crippen molar-refractivity contribution in [2.75, 3.05) is 19.8 Å². The van der Waals surface area contributed by atoms with Crippen LogP contribution < -0.4 is 14.2 Å². The molecule has 3 aliphatic rings. The molecule has 0 saturated heterocycles. The van der Waals surface area contributed by atoms with Crippen molar-refractivity contribution in [3.05, 3.63) is 234 Å². The van der Waals surface area contributed by atoms with Gasteiger partial charge in [-0.2, -0.15) is 5.10 Å². The minimum atomic E-state index is -0.882. The fourth-order valence-corrected chi connectivity index (χ4v) is 11.1. The number of pyridine rings is 1. The van der Waals surface area contributed by atoms with E-state index in [1.54, 1.807) is 70.0 Å². The van der Waals surface area contributed by atoms with Crippen LogP contribution >= 0.6 is 0 Å². The van der Waals surface area contributed by atoms with Gasteiger partial charge in [-0.25, -0.2) is 0 Å². The molecule has 3 aromatic heterocycles. The molecule has 3 aliphatic carbocycles. The van der Waals surface area contributed by atoms with Gasteiger partial charge in [0.15, 0.2) is 0 Å². The van der Waals surface area contributed by atoms with Crippen molar-refractivity contribution < 1.29 is 66.8 Å². The van der Waals surface area contributed by atoms with Crippen molar-refractivity contribution in [3.8, 4) is 50.8 Å². The van der Waals surface area contributed by atoms with Gasteiger partial charge in [-0.3, -0.25) is 38.8 Å². The number of furan rings is 1. The van der Waals surface area contributed by atoms with Gasteiger partial charge in [0, 0.05) is 120 Å². The summed E-state index contributed by atoms with van der Waals surface area (Å²) < 4.78 is 50.2. The van der Waals surface area contributed by atoms with Crippen LogP contribution in [0.15, 0.2) is 205 Å². The summed E-state index contributed by atoms with van der Waals surface area (Å²) in [5, 5.41) is 33.0. The molecule has 9 aromatic rings. The lowest BCUT2D eigenvalue weighted by atomic mass is 10.0. The number of unbranched alkanes of at least 4 members (excludes halogenated alkanes) is 6. The molecular formula is C81H88N6O13. The molecular weight excluding hydrogens is 1260 g/mol. The molecule has 19 nitrogen and oxygen atoms in total. The summed E-state index contributed by atoms with van der Waals surface area (Å²) in [4.78, 5) is 81.3. The van der Waals surface area contributed by atoms with Crippen molar-refractivity contribution in [1.29, 1.82) is 0 Å². The van der Waals surface area contributed by atoms with Gasteiger partial charge < -0.3 is 48.6 Å². The Labute approximate surface area is 588 Å². The minimum Gasteiger partial charge on any atom is -0.493 e. The van der Waals surface area contributed by atoms with E-state index in [4.69, 9.17) is 38.1 Å². The molecule has 19 heteroatoms. The van der Waals surface area contributed by atoms with Gasteiger partial charge in [0.2, 0.25) is 0 Å². The standard InChI is InChI=1S/C28H30N2O4.C27H29NO5.C26H29N3O4/c31-27(32)8-2-1-5-19-34-26-7-4-3-6-24(26)20-30(25-13-14-25)28(33)23-11-9-21(10-12-23)22-15-17-29-18-16-22;29-26(30)10-2-1-5-17-32-25-8-4-3-7-22(25)19-28(23-15-16-23)27(31)21-13-11-20(12-14-21)24-9-6-18-33-24;30-25(31)8-2-1-5-15-33-24-7-4-3-6-21(24)18-29(23-13-14-23)26(32)20-11-9-19(10-12-20)22-16-27-28-17-22/h3-4,6-7,9-12,15-18,25H,1-2,5,8,13-14,19-20H2,(H,31,32);3-4,6-9,11-14,18,23H,1-2,5,10,15-17,19H2,(H,29,30);3-4,6-7,9-12,16-17,23H,1-2,5,8,13-15,18H2,(H,27,28)(H,30,31)/i20D;19D;18D. The molecule has 100 heavy (non-hydrogen) atoms. The molecule has 3 atom stereocenters. The van der Waals surface area contributed by atoms with Crippen LogP contribution in [0.2, 0.25) is 0 Å². The zero-order chi connectivity index (χ0) is 72.5. The number of aliphatic carboxylic acids is 3. The third-order valence-corrected chi connectivity index (χ3v) is 17.0. The molecule has 0 spiro atoms. The maximum absolute atomic E-state index is 13.5. The lowest BCUT2D eigenvalue weighted by Crippen LogP contribution is -2.32. The molecule has 3 amide bonds. The lowest BCUT2D eigenvalue weighted by molar-refractivity contribution is -0.138. The van der Waals surface area contributed by atoms with Gasteiger partial charge in [-0.05, 0) is 192 Å². The maximum atomic E-state index is 13.5. The van der Waals surface area contributed by atoms with Crippen molar-refractivity contribution in [1.82, 2.24) is 29.9 Å². The lowest BCUT2D eigenvalue weighted by Gasteiger charge is -2.24. The average molecular weight is 1360 g/mol. The number of nitrogens with one attached hydrogen (secondary N) is 1. The number of aromatic nitrogens is 3. The van der Waals surface area contributed by atoms with E-state index in [0.29, 0.717) is 89.7 Å². The number of H-pyrrole nitrogens is 1. The number of hydrogen-bond donors (Lipinski definition) is 4.